The number of aromatic nitrogens is 4. The van der Waals surface area contributed by atoms with Gasteiger partial charge in [-0.3, -0.25) is 9.55 Å². The van der Waals surface area contributed by atoms with Gasteiger partial charge in [-0.25, -0.2) is 4.98 Å². The Hall–Kier alpha value is -3.21. The third-order valence-corrected chi connectivity index (χ3v) is 3.62. The highest BCUT2D eigenvalue weighted by Gasteiger charge is 2.06. The summed E-state index contributed by atoms with van der Waals surface area (Å²) in [5, 5.41) is 2.30. The first-order valence-electron chi connectivity index (χ1n) is 7.29. The third-order valence-electron chi connectivity index (χ3n) is 3.62. The molecule has 0 atom stereocenters. The van der Waals surface area contributed by atoms with Crippen molar-refractivity contribution < 1.29 is 4.74 Å². The molecule has 4 aromatic rings. The lowest BCUT2D eigenvalue weighted by atomic mass is 10.1. The molecule has 0 saturated heterocycles. The molecule has 2 heterocycles. The molecular formula is C18H14N4O. The second-order valence-corrected chi connectivity index (χ2v) is 5.17. The van der Waals surface area contributed by atoms with Crippen LogP contribution in [0.4, 0.5) is 0 Å². The molecule has 23 heavy (non-hydrogen) atoms. The molecule has 5 nitrogen and oxygen atoms in total. The Morgan fingerprint density at radius 3 is 2.70 bits per heavy atom. The van der Waals surface area contributed by atoms with Gasteiger partial charge in [-0.15, -0.1) is 0 Å². The zero-order valence-electron chi connectivity index (χ0n) is 12.5. The molecule has 2 aromatic carbocycles. The predicted molar refractivity (Wildman–Crippen MR) is 87.9 cm³/mol. The fourth-order valence-electron chi connectivity index (χ4n) is 2.48. The van der Waals surface area contributed by atoms with Crippen LogP contribution in [0.2, 0.25) is 0 Å². The number of hydrogen-bond acceptors (Lipinski definition) is 4. The van der Waals surface area contributed by atoms with Crippen LogP contribution in [-0.4, -0.2) is 19.5 Å². The van der Waals surface area contributed by atoms with Gasteiger partial charge in [0.15, 0.2) is 5.82 Å². The molecule has 0 amide bonds. The third kappa shape index (κ3) is 2.64. The first-order chi connectivity index (χ1) is 11.3. The van der Waals surface area contributed by atoms with E-state index in [1.54, 1.807) is 18.6 Å². The summed E-state index contributed by atoms with van der Waals surface area (Å²) in [6, 6.07) is 14.1. The van der Waals surface area contributed by atoms with E-state index in [2.05, 4.69) is 27.1 Å². The topological polar surface area (TPSA) is 52.8 Å². The van der Waals surface area contributed by atoms with Crippen molar-refractivity contribution in [2.75, 3.05) is 0 Å². The highest BCUT2D eigenvalue weighted by atomic mass is 16.5. The van der Waals surface area contributed by atoms with Crippen LogP contribution in [0.25, 0.3) is 16.6 Å². The Morgan fingerprint density at radius 1 is 1.00 bits per heavy atom. The first-order valence-corrected chi connectivity index (χ1v) is 7.29. The van der Waals surface area contributed by atoms with Gasteiger partial charge in [0.25, 0.3) is 0 Å². The van der Waals surface area contributed by atoms with Crippen LogP contribution in [-0.2, 0) is 0 Å². The number of fused-ring (bicyclic) bond motifs is 1. The molecule has 0 unspecified atom stereocenters. The van der Waals surface area contributed by atoms with Gasteiger partial charge in [0.1, 0.15) is 11.6 Å². The van der Waals surface area contributed by atoms with Gasteiger partial charge in [-0.2, -0.15) is 4.98 Å². The van der Waals surface area contributed by atoms with E-state index < -0.39 is 0 Å². The maximum atomic E-state index is 5.86. The highest BCUT2D eigenvalue weighted by Crippen LogP contribution is 2.24. The zero-order chi connectivity index (χ0) is 15.6. The van der Waals surface area contributed by atoms with Crippen molar-refractivity contribution in [2.24, 2.45) is 0 Å². The van der Waals surface area contributed by atoms with Crippen molar-refractivity contribution in [3.05, 3.63) is 73.1 Å². The Balaban J connectivity index is 1.66. The number of rotatable bonds is 3. The van der Waals surface area contributed by atoms with Gasteiger partial charge in [0.2, 0.25) is 5.88 Å². The number of ether oxygens (including phenoxy) is 1. The molecule has 0 fully saturated rings. The lowest BCUT2D eigenvalue weighted by Gasteiger charge is -2.08. The predicted octanol–water partition coefficient (Wildman–Crippen LogP) is 3.92. The van der Waals surface area contributed by atoms with Crippen LogP contribution in [0.5, 0.6) is 11.6 Å². The monoisotopic (exact) mass is 302 g/mol. The molecule has 2 aromatic heterocycles. The molecular weight excluding hydrogens is 288 g/mol. The van der Waals surface area contributed by atoms with Crippen molar-refractivity contribution in [3.8, 4) is 17.4 Å². The standard InChI is InChI=1S/C18H14N4O/c1-13-20-8-9-22(13)17-11-19-12-18(21-17)23-16-7-6-14-4-2-3-5-15(14)10-16/h2-12H,1H3. The molecule has 0 saturated carbocycles. The molecule has 0 radical (unpaired) electrons. The van der Waals surface area contributed by atoms with Crippen LogP contribution >= 0.6 is 0 Å². The Morgan fingerprint density at radius 2 is 1.87 bits per heavy atom. The average molecular weight is 302 g/mol. The number of aryl methyl sites for hydroxylation is 1. The zero-order valence-corrected chi connectivity index (χ0v) is 12.5. The molecule has 0 aliphatic heterocycles. The lowest BCUT2D eigenvalue weighted by Crippen LogP contribution is -2.01. The van der Waals surface area contributed by atoms with Gasteiger partial charge in [0, 0.05) is 12.4 Å². The molecule has 0 aliphatic carbocycles. The first kappa shape index (κ1) is 13.5. The van der Waals surface area contributed by atoms with E-state index in [1.807, 2.05) is 48.0 Å². The summed E-state index contributed by atoms with van der Waals surface area (Å²) >= 11 is 0. The van der Waals surface area contributed by atoms with E-state index >= 15 is 0 Å². The van der Waals surface area contributed by atoms with Gasteiger partial charge in [-0.05, 0) is 29.8 Å². The Kier molecular flexibility index (Phi) is 3.24. The fraction of sp³-hybridized carbons (Fsp3) is 0.0556. The van der Waals surface area contributed by atoms with Gasteiger partial charge in [0.05, 0.1) is 12.4 Å². The summed E-state index contributed by atoms with van der Waals surface area (Å²) in [4.78, 5) is 12.9. The molecule has 0 N–H and O–H groups in total. The maximum Gasteiger partial charge on any atom is 0.239 e. The Labute approximate surface area is 133 Å². The SMILES string of the molecule is Cc1nccn1-c1cncc(Oc2ccc3ccccc3c2)n1. The van der Waals surface area contributed by atoms with Gasteiger partial charge in [-0.1, -0.05) is 30.3 Å². The second-order valence-electron chi connectivity index (χ2n) is 5.17. The molecule has 4 rings (SSSR count). The number of imidazole rings is 1. The van der Waals surface area contributed by atoms with E-state index in [1.165, 1.54) is 5.39 Å². The quantitative estimate of drug-likeness (QED) is 0.575. The van der Waals surface area contributed by atoms with E-state index in [-0.39, 0.29) is 0 Å². The minimum atomic E-state index is 0.450. The summed E-state index contributed by atoms with van der Waals surface area (Å²) in [6.07, 6.45) is 6.86. The minimum Gasteiger partial charge on any atom is -0.437 e. The van der Waals surface area contributed by atoms with Gasteiger partial charge < -0.3 is 4.74 Å². The normalized spacial score (nSPS) is 10.8. The van der Waals surface area contributed by atoms with E-state index in [0.717, 1.165) is 17.0 Å². The second kappa shape index (κ2) is 5.53. The minimum absolute atomic E-state index is 0.450. The van der Waals surface area contributed by atoms with E-state index in [4.69, 9.17) is 4.74 Å². The van der Waals surface area contributed by atoms with E-state index in [9.17, 15) is 0 Å². The summed E-state index contributed by atoms with van der Waals surface area (Å²) in [6.45, 7) is 1.92. The lowest BCUT2D eigenvalue weighted by molar-refractivity contribution is 0.459. The summed E-state index contributed by atoms with van der Waals surface area (Å²) < 4.78 is 7.72. The molecule has 0 spiro atoms. The smallest absolute Gasteiger partial charge is 0.239 e. The van der Waals surface area contributed by atoms with Crippen LogP contribution in [0.1, 0.15) is 5.82 Å². The van der Waals surface area contributed by atoms with Crippen LogP contribution in [0, 0.1) is 6.92 Å². The van der Waals surface area contributed by atoms with E-state index in [0.29, 0.717) is 11.7 Å². The van der Waals surface area contributed by atoms with Crippen LogP contribution in [0.3, 0.4) is 0 Å². The summed E-state index contributed by atoms with van der Waals surface area (Å²) in [5.41, 5.74) is 0. The van der Waals surface area contributed by atoms with Crippen molar-refractivity contribution >= 4 is 10.8 Å². The maximum absolute atomic E-state index is 5.86. The van der Waals surface area contributed by atoms with Crippen molar-refractivity contribution in [2.45, 2.75) is 6.92 Å². The highest BCUT2D eigenvalue weighted by molar-refractivity contribution is 5.83. The molecule has 5 heteroatoms. The molecule has 112 valence electrons. The largest absolute Gasteiger partial charge is 0.437 e. The van der Waals surface area contributed by atoms with Crippen molar-refractivity contribution in [3.63, 3.8) is 0 Å². The summed E-state index contributed by atoms with van der Waals surface area (Å²) in [5.74, 6) is 2.71. The van der Waals surface area contributed by atoms with Crippen LogP contribution < -0.4 is 4.74 Å². The number of hydrogen-bond donors (Lipinski definition) is 0. The average Bonchev–Trinajstić information content (AvgIpc) is 3.01. The number of benzene rings is 2. The van der Waals surface area contributed by atoms with Crippen LogP contribution in [0.15, 0.2) is 67.3 Å². The molecule has 0 bridgehead atoms. The molecule has 0 aliphatic rings. The fourth-order valence-corrected chi connectivity index (χ4v) is 2.48. The Bertz CT molecular complexity index is 977. The van der Waals surface area contributed by atoms with Crippen molar-refractivity contribution in [1.82, 2.24) is 19.5 Å². The van der Waals surface area contributed by atoms with Crippen molar-refractivity contribution in [1.29, 1.82) is 0 Å². The van der Waals surface area contributed by atoms with Gasteiger partial charge >= 0.3 is 0 Å². The number of nitrogens with zero attached hydrogens (tertiary/aromatic N) is 4. The summed E-state index contributed by atoms with van der Waals surface area (Å²) in [7, 11) is 0.